The number of nitrogens with one attached hydrogen (secondary N) is 1. The number of ether oxygens (including phenoxy) is 4. The van der Waals surface area contributed by atoms with Crippen molar-refractivity contribution < 1.29 is 32.5 Å². The van der Waals surface area contributed by atoms with E-state index in [2.05, 4.69) is 10.1 Å². The minimum absolute atomic E-state index is 0.0823. The Morgan fingerprint density at radius 3 is 2.45 bits per heavy atom. The Labute approximate surface area is 172 Å². The number of halogens is 3. The molecule has 0 aliphatic rings. The third-order valence-electron chi connectivity index (χ3n) is 3.64. The second kappa shape index (κ2) is 10.5. The van der Waals surface area contributed by atoms with Gasteiger partial charge in [-0.1, -0.05) is 17.7 Å². The summed E-state index contributed by atoms with van der Waals surface area (Å²) in [5.74, 6) is 0.405. The van der Waals surface area contributed by atoms with E-state index in [1.54, 1.807) is 13.0 Å². The summed E-state index contributed by atoms with van der Waals surface area (Å²) in [6.45, 7) is -0.978. The van der Waals surface area contributed by atoms with Gasteiger partial charge in [0.05, 0.1) is 31.5 Å². The van der Waals surface area contributed by atoms with Crippen molar-refractivity contribution in [2.75, 3.05) is 26.1 Å². The van der Waals surface area contributed by atoms with Crippen LogP contribution < -0.4 is 24.3 Å². The van der Waals surface area contributed by atoms with Gasteiger partial charge in [0.1, 0.15) is 11.5 Å². The van der Waals surface area contributed by atoms with Gasteiger partial charge in [0, 0.05) is 12.1 Å². The van der Waals surface area contributed by atoms with E-state index < -0.39 is 12.5 Å². The van der Waals surface area contributed by atoms with Gasteiger partial charge < -0.3 is 24.3 Å². The molecule has 29 heavy (non-hydrogen) atoms. The summed E-state index contributed by atoms with van der Waals surface area (Å²) in [6, 6.07) is 7.43. The topological polar surface area (TPSA) is 66.0 Å². The molecule has 0 heterocycles. The van der Waals surface area contributed by atoms with Gasteiger partial charge in [-0.15, -0.1) is 0 Å². The lowest BCUT2D eigenvalue weighted by Crippen LogP contribution is -2.09. The lowest BCUT2D eigenvalue weighted by Gasteiger charge is -2.12. The molecule has 156 valence electrons. The number of carbonyl (C=O) groups excluding carboxylic acids is 1. The van der Waals surface area contributed by atoms with Gasteiger partial charge in [-0.3, -0.25) is 4.79 Å². The maximum Gasteiger partial charge on any atom is 0.387 e. The van der Waals surface area contributed by atoms with Gasteiger partial charge in [-0.25, -0.2) is 0 Å². The number of rotatable bonds is 9. The van der Waals surface area contributed by atoms with Crippen LogP contribution in [0, 0.1) is 0 Å². The largest absolute Gasteiger partial charge is 0.495 e. The molecule has 1 amide bonds. The van der Waals surface area contributed by atoms with Gasteiger partial charge in [-0.2, -0.15) is 8.78 Å². The predicted octanol–water partition coefficient (Wildman–Crippen LogP) is 5.01. The number of methoxy groups -OCH3 is 2. The lowest BCUT2D eigenvalue weighted by atomic mass is 10.2. The first-order chi connectivity index (χ1) is 13.9. The summed E-state index contributed by atoms with van der Waals surface area (Å²) >= 11 is 6.08. The molecule has 2 aromatic carbocycles. The zero-order chi connectivity index (χ0) is 21.4. The molecule has 0 spiro atoms. The Hall–Kier alpha value is -3.00. The fourth-order valence-corrected chi connectivity index (χ4v) is 2.63. The third kappa shape index (κ3) is 6.25. The summed E-state index contributed by atoms with van der Waals surface area (Å²) in [7, 11) is 2.92. The van der Waals surface area contributed by atoms with E-state index >= 15 is 0 Å². The molecular weight excluding hydrogens is 408 g/mol. The number of anilines is 1. The van der Waals surface area contributed by atoms with Crippen LogP contribution >= 0.6 is 11.6 Å². The Morgan fingerprint density at radius 1 is 1.10 bits per heavy atom. The monoisotopic (exact) mass is 427 g/mol. The average molecular weight is 428 g/mol. The molecule has 0 bridgehead atoms. The molecule has 0 aliphatic carbocycles. The second-order valence-electron chi connectivity index (χ2n) is 5.53. The van der Waals surface area contributed by atoms with E-state index in [0.717, 1.165) is 0 Å². The molecule has 0 saturated carbocycles. The maximum atomic E-state index is 12.5. The first-order valence-electron chi connectivity index (χ1n) is 8.50. The minimum Gasteiger partial charge on any atom is -0.495 e. The van der Waals surface area contributed by atoms with E-state index in [1.165, 1.54) is 50.6 Å². The van der Waals surface area contributed by atoms with E-state index in [0.29, 0.717) is 27.8 Å². The number of hydrogen-bond acceptors (Lipinski definition) is 5. The quantitative estimate of drug-likeness (QED) is 0.570. The first-order valence-corrected chi connectivity index (χ1v) is 8.88. The molecule has 2 rings (SSSR count). The summed E-state index contributed by atoms with van der Waals surface area (Å²) in [4.78, 5) is 12.3. The molecule has 0 aliphatic heterocycles. The van der Waals surface area contributed by atoms with Crippen LogP contribution in [0.2, 0.25) is 5.02 Å². The summed E-state index contributed by atoms with van der Waals surface area (Å²) in [5.41, 5.74) is 0.925. The highest BCUT2D eigenvalue weighted by Gasteiger charge is 2.13. The minimum atomic E-state index is -2.97. The lowest BCUT2D eigenvalue weighted by molar-refractivity contribution is -0.111. The van der Waals surface area contributed by atoms with Crippen LogP contribution in [-0.4, -0.2) is 33.3 Å². The molecule has 2 aromatic rings. The number of alkyl halides is 2. The second-order valence-corrected chi connectivity index (χ2v) is 5.93. The Bertz CT molecular complexity index is 889. The number of amides is 1. The van der Waals surface area contributed by atoms with Gasteiger partial charge in [0.2, 0.25) is 5.91 Å². The fraction of sp³-hybridized carbons (Fsp3) is 0.250. The van der Waals surface area contributed by atoms with E-state index in [9.17, 15) is 13.6 Å². The summed E-state index contributed by atoms with van der Waals surface area (Å²) < 4.78 is 45.0. The van der Waals surface area contributed by atoms with Crippen LogP contribution in [0.3, 0.4) is 0 Å². The molecule has 1 N–H and O–H groups in total. The highest BCUT2D eigenvalue weighted by atomic mass is 35.5. The van der Waals surface area contributed by atoms with Crippen molar-refractivity contribution in [1.82, 2.24) is 0 Å². The molecule has 0 atom stereocenters. The van der Waals surface area contributed by atoms with Crippen LogP contribution in [0.25, 0.3) is 6.08 Å². The van der Waals surface area contributed by atoms with Crippen molar-refractivity contribution >= 4 is 29.3 Å². The molecule has 0 fully saturated rings. The Morgan fingerprint density at radius 2 is 1.83 bits per heavy atom. The number of carbonyl (C=O) groups is 1. The van der Waals surface area contributed by atoms with E-state index in [4.69, 9.17) is 25.8 Å². The Balaban J connectivity index is 2.16. The molecule has 6 nitrogen and oxygen atoms in total. The number of benzene rings is 2. The summed E-state index contributed by atoms with van der Waals surface area (Å²) in [5, 5.41) is 2.96. The molecule has 0 saturated heterocycles. The highest BCUT2D eigenvalue weighted by Crippen LogP contribution is 2.36. The van der Waals surface area contributed by atoms with Crippen molar-refractivity contribution in [3.8, 4) is 23.0 Å². The molecule has 0 unspecified atom stereocenters. The standard InChI is InChI=1S/C20H20ClF2NO5/c1-4-28-18-9-12(5-7-15(18)29-20(22)23)6-8-19(25)24-14-10-13(21)16(26-2)11-17(14)27-3/h5-11,20H,4H2,1-3H3,(H,24,25)/b8-6+. The molecule has 0 aromatic heterocycles. The van der Waals surface area contributed by atoms with Crippen molar-refractivity contribution in [3.05, 3.63) is 47.0 Å². The van der Waals surface area contributed by atoms with Crippen molar-refractivity contribution in [3.63, 3.8) is 0 Å². The van der Waals surface area contributed by atoms with Gasteiger partial charge in [-0.05, 0) is 36.8 Å². The van der Waals surface area contributed by atoms with Crippen molar-refractivity contribution in [1.29, 1.82) is 0 Å². The maximum absolute atomic E-state index is 12.5. The number of hydrogen-bond donors (Lipinski definition) is 1. The SMILES string of the molecule is CCOc1cc(/C=C/C(=O)Nc2cc(Cl)c(OC)cc2OC)ccc1OC(F)F. The van der Waals surface area contributed by atoms with E-state index in [-0.39, 0.29) is 18.1 Å². The van der Waals surface area contributed by atoms with E-state index in [1.807, 2.05) is 0 Å². The van der Waals surface area contributed by atoms with Gasteiger partial charge >= 0.3 is 6.61 Å². The fourth-order valence-electron chi connectivity index (χ4n) is 2.39. The normalized spacial score (nSPS) is 10.9. The Kier molecular flexibility index (Phi) is 8.09. The van der Waals surface area contributed by atoms with Crippen LogP contribution in [0.15, 0.2) is 36.4 Å². The smallest absolute Gasteiger partial charge is 0.387 e. The molecular formula is C20H20ClF2NO5. The van der Waals surface area contributed by atoms with Crippen LogP contribution in [-0.2, 0) is 4.79 Å². The average Bonchev–Trinajstić information content (AvgIpc) is 2.68. The predicted molar refractivity (Wildman–Crippen MR) is 106 cm³/mol. The zero-order valence-corrected chi connectivity index (χ0v) is 16.8. The van der Waals surface area contributed by atoms with Gasteiger partial charge in [0.25, 0.3) is 0 Å². The van der Waals surface area contributed by atoms with Crippen LogP contribution in [0.5, 0.6) is 23.0 Å². The first kappa shape index (κ1) is 22.3. The van der Waals surface area contributed by atoms with Crippen LogP contribution in [0.1, 0.15) is 12.5 Å². The molecule has 0 radical (unpaired) electrons. The zero-order valence-electron chi connectivity index (χ0n) is 16.0. The van der Waals surface area contributed by atoms with Crippen LogP contribution in [0.4, 0.5) is 14.5 Å². The third-order valence-corrected chi connectivity index (χ3v) is 3.94. The van der Waals surface area contributed by atoms with Gasteiger partial charge in [0.15, 0.2) is 11.5 Å². The molecule has 9 heteroatoms. The van der Waals surface area contributed by atoms with Crippen molar-refractivity contribution in [2.45, 2.75) is 13.5 Å². The summed E-state index contributed by atoms with van der Waals surface area (Å²) in [6.07, 6.45) is 2.78. The highest BCUT2D eigenvalue weighted by molar-refractivity contribution is 6.32. The van der Waals surface area contributed by atoms with Crippen molar-refractivity contribution in [2.24, 2.45) is 0 Å².